The number of benzene rings is 1. The minimum atomic E-state index is -0.124. The number of hydrogen-bond acceptors (Lipinski definition) is 5. The zero-order valence-corrected chi connectivity index (χ0v) is 13.1. The van der Waals surface area contributed by atoms with E-state index in [9.17, 15) is 4.79 Å². The molecule has 0 aliphatic heterocycles. The van der Waals surface area contributed by atoms with Crippen molar-refractivity contribution in [3.8, 4) is 17.2 Å². The second-order valence-corrected chi connectivity index (χ2v) is 4.81. The molecule has 1 rings (SSSR count). The Balaban J connectivity index is 2.90. The van der Waals surface area contributed by atoms with Gasteiger partial charge in [-0.05, 0) is 18.1 Å². The van der Waals surface area contributed by atoms with E-state index in [2.05, 4.69) is 10.5 Å². The highest BCUT2D eigenvalue weighted by atomic mass is 16.5. The number of carbonyl (C=O) groups is 1. The van der Waals surface area contributed by atoms with Crippen LogP contribution in [0.2, 0.25) is 0 Å². The van der Waals surface area contributed by atoms with Gasteiger partial charge >= 0.3 is 0 Å². The number of methoxy groups -OCH3 is 3. The first-order chi connectivity index (χ1) is 10.0. The lowest BCUT2D eigenvalue weighted by molar-refractivity contribution is -0.121. The first kappa shape index (κ1) is 16.8. The topological polar surface area (TPSA) is 69.2 Å². The van der Waals surface area contributed by atoms with Crippen LogP contribution in [0.25, 0.3) is 0 Å². The van der Waals surface area contributed by atoms with Crippen molar-refractivity contribution in [3.63, 3.8) is 0 Å². The smallest absolute Gasteiger partial charge is 0.240 e. The lowest BCUT2D eigenvalue weighted by atomic mass is 10.1. The third-order valence-corrected chi connectivity index (χ3v) is 2.72. The molecule has 6 nitrogen and oxygen atoms in total. The molecule has 0 atom stereocenters. The Morgan fingerprint density at radius 1 is 1.19 bits per heavy atom. The van der Waals surface area contributed by atoms with Gasteiger partial charge in [0.1, 0.15) is 0 Å². The molecule has 0 aliphatic carbocycles. The number of nitrogens with one attached hydrogen (secondary N) is 1. The highest BCUT2D eigenvalue weighted by Crippen LogP contribution is 2.38. The van der Waals surface area contributed by atoms with Gasteiger partial charge in [0.15, 0.2) is 11.5 Å². The Labute approximate surface area is 125 Å². The van der Waals surface area contributed by atoms with Crippen molar-refractivity contribution < 1.29 is 19.0 Å². The maximum atomic E-state index is 11.5. The summed E-state index contributed by atoms with van der Waals surface area (Å²) in [4.78, 5) is 11.5. The molecule has 0 aromatic heterocycles. The van der Waals surface area contributed by atoms with E-state index < -0.39 is 0 Å². The molecule has 6 heteroatoms. The average Bonchev–Trinajstić information content (AvgIpc) is 2.45. The first-order valence-electron chi connectivity index (χ1n) is 6.64. The molecule has 0 unspecified atom stereocenters. The third kappa shape index (κ3) is 4.66. The maximum absolute atomic E-state index is 11.5. The fourth-order valence-corrected chi connectivity index (χ4v) is 1.82. The number of nitrogens with zero attached hydrogens (tertiary/aromatic N) is 1. The lowest BCUT2D eigenvalue weighted by Crippen LogP contribution is -2.19. The molecule has 0 aliphatic rings. The van der Waals surface area contributed by atoms with Crippen molar-refractivity contribution in [1.82, 2.24) is 5.43 Å². The van der Waals surface area contributed by atoms with E-state index >= 15 is 0 Å². The van der Waals surface area contributed by atoms with Crippen molar-refractivity contribution in [2.24, 2.45) is 11.0 Å². The van der Waals surface area contributed by atoms with Crippen LogP contribution in [0.5, 0.6) is 17.2 Å². The van der Waals surface area contributed by atoms with Crippen LogP contribution in [0.1, 0.15) is 25.8 Å². The normalized spacial score (nSPS) is 10.8. The summed E-state index contributed by atoms with van der Waals surface area (Å²) in [5.74, 6) is 1.71. The van der Waals surface area contributed by atoms with Gasteiger partial charge in [-0.1, -0.05) is 13.8 Å². The quantitative estimate of drug-likeness (QED) is 0.618. The predicted octanol–water partition coefficient (Wildman–Crippen LogP) is 2.21. The Morgan fingerprint density at radius 2 is 1.86 bits per heavy atom. The second-order valence-electron chi connectivity index (χ2n) is 4.81. The minimum absolute atomic E-state index is 0.124. The summed E-state index contributed by atoms with van der Waals surface area (Å²) in [5.41, 5.74) is 3.16. The number of hydrogen-bond donors (Lipinski definition) is 1. The number of ether oxygens (including phenoxy) is 3. The molecule has 0 radical (unpaired) electrons. The van der Waals surface area contributed by atoms with Gasteiger partial charge in [0.25, 0.3) is 0 Å². The molecule has 1 aromatic rings. The second kappa shape index (κ2) is 8.14. The van der Waals surface area contributed by atoms with Crippen LogP contribution < -0.4 is 19.6 Å². The molecule has 0 fully saturated rings. The summed E-state index contributed by atoms with van der Waals surface area (Å²) in [7, 11) is 4.62. The fraction of sp³-hybridized carbons (Fsp3) is 0.467. The molecule has 1 aromatic carbocycles. The molecular weight excluding hydrogens is 272 g/mol. The Hall–Kier alpha value is -2.24. The zero-order chi connectivity index (χ0) is 15.8. The van der Waals surface area contributed by atoms with Gasteiger partial charge < -0.3 is 14.2 Å². The molecule has 0 saturated heterocycles. The van der Waals surface area contributed by atoms with Crippen molar-refractivity contribution in [3.05, 3.63) is 17.7 Å². The van der Waals surface area contributed by atoms with E-state index in [1.165, 1.54) is 20.4 Å². The van der Waals surface area contributed by atoms with Gasteiger partial charge in [-0.25, -0.2) is 5.43 Å². The Kier molecular flexibility index (Phi) is 6.52. The Morgan fingerprint density at radius 3 is 2.38 bits per heavy atom. The summed E-state index contributed by atoms with van der Waals surface area (Å²) >= 11 is 0. The average molecular weight is 294 g/mol. The van der Waals surface area contributed by atoms with Crippen molar-refractivity contribution in [1.29, 1.82) is 0 Å². The standard InChI is InChI=1S/C15H22N2O4/c1-10(2)8-13(18)17-16-9-11-6-7-12(19-3)15(21-5)14(11)20-4/h6-7,9-10H,8H2,1-5H3,(H,17,18)/b16-9+. The first-order valence-corrected chi connectivity index (χ1v) is 6.64. The van der Waals surface area contributed by atoms with Crippen LogP contribution in [0.3, 0.4) is 0 Å². The van der Waals surface area contributed by atoms with E-state index in [4.69, 9.17) is 14.2 Å². The summed E-state index contributed by atoms with van der Waals surface area (Å²) in [6, 6.07) is 3.52. The van der Waals surface area contributed by atoms with Crippen LogP contribution in [0, 0.1) is 5.92 Å². The fourth-order valence-electron chi connectivity index (χ4n) is 1.82. The predicted molar refractivity (Wildman–Crippen MR) is 81.3 cm³/mol. The third-order valence-electron chi connectivity index (χ3n) is 2.72. The highest BCUT2D eigenvalue weighted by Gasteiger charge is 2.14. The monoisotopic (exact) mass is 294 g/mol. The van der Waals surface area contributed by atoms with E-state index in [1.807, 2.05) is 13.8 Å². The van der Waals surface area contributed by atoms with Crippen molar-refractivity contribution in [2.75, 3.05) is 21.3 Å². The van der Waals surface area contributed by atoms with Gasteiger partial charge in [0, 0.05) is 12.0 Å². The van der Waals surface area contributed by atoms with Crippen molar-refractivity contribution in [2.45, 2.75) is 20.3 Å². The van der Waals surface area contributed by atoms with Gasteiger partial charge in [-0.2, -0.15) is 5.10 Å². The summed E-state index contributed by atoms with van der Waals surface area (Å²) in [5, 5.41) is 3.93. The van der Waals surface area contributed by atoms with Crippen molar-refractivity contribution >= 4 is 12.1 Å². The molecule has 1 amide bonds. The van der Waals surface area contributed by atoms with E-state index in [1.54, 1.807) is 19.2 Å². The van der Waals surface area contributed by atoms with Crippen LogP contribution in [0.4, 0.5) is 0 Å². The molecule has 1 N–H and O–H groups in total. The molecule has 0 spiro atoms. The summed E-state index contributed by atoms with van der Waals surface area (Å²) in [6.45, 7) is 3.95. The molecule has 0 bridgehead atoms. The summed E-state index contributed by atoms with van der Waals surface area (Å²) < 4.78 is 15.8. The highest BCUT2D eigenvalue weighted by molar-refractivity contribution is 5.87. The number of rotatable bonds is 7. The molecule has 21 heavy (non-hydrogen) atoms. The molecular formula is C15H22N2O4. The largest absolute Gasteiger partial charge is 0.493 e. The SMILES string of the molecule is COc1ccc(/C=N/NC(=O)CC(C)C)c(OC)c1OC. The lowest BCUT2D eigenvalue weighted by Gasteiger charge is -2.13. The van der Waals surface area contributed by atoms with E-state index in [0.717, 1.165) is 0 Å². The van der Waals surface area contributed by atoms with E-state index in [0.29, 0.717) is 29.2 Å². The summed E-state index contributed by atoms with van der Waals surface area (Å²) in [6.07, 6.45) is 1.94. The molecule has 0 heterocycles. The van der Waals surface area contributed by atoms with Crippen LogP contribution >= 0.6 is 0 Å². The van der Waals surface area contributed by atoms with Gasteiger partial charge in [0.2, 0.25) is 11.7 Å². The van der Waals surface area contributed by atoms with Gasteiger partial charge in [0.05, 0.1) is 27.5 Å². The van der Waals surface area contributed by atoms with Gasteiger partial charge in [-0.15, -0.1) is 0 Å². The maximum Gasteiger partial charge on any atom is 0.240 e. The van der Waals surface area contributed by atoms with Crippen LogP contribution in [-0.4, -0.2) is 33.5 Å². The molecule has 116 valence electrons. The Bertz CT molecular complexity index is 513. The van der Waals surface area contributed by atoms with E-state index in [-0.39, 0.29) is 11.8 Å². The minimum Gasteiger partial charge on any atom is -0.493 e. The van der Waals surface area contributed by atoms with Crippen LogP contribution in [-0.2, 0) is 4.79 Å². The van der Waals surface area contributed by atoms with Crippen LogP contribution in [0.15, 0.2) is 17.2 Å². The molecule has 0 saturated carbocycles. The number of amides is 1. The van der Waals surface area contributed by atoms with Gasteiger partial charge in [-0.3, -0.25) is 4.79 Å². The zero-order valence-electron chi connectivity index (χ0n) is 13.1. The number of carbonyl (C=O) groups excluding carboxylic acids is 1. The number of hydrazone groups is 1.